The first-order chi connectivity index (χ1) is 19.1. The largest absolute Gasteiger partial charge is 0.512 e. The van der Waals surface area contributed by atoms with Crippen LogP contribution in [0.5, 0.6) is 11.6 Å². The molecule has 4 aromatic rings. The smallest absolute Gasteiger partial charge is 0.224 e. The maximum atomic E-state index is 11.7. The summed E-state index contributed by atoms with van der Waals surface area (Å²) in [4.78, 5) is 16.2. The van der Waals surface area contributed by atoms with E-state index in [1.807, 2.05) is 52.0 Å². The molecular weight excluding hydrogens is 687 g/mol. The van der Waals surface area contributed by atoms with Gasteiger partial charge < -0.3 is 9.84 Å². The van der Waals surface area contributed by atoms with Gasteiger partial charge in [0.25, 0.3) is 0 Å². The van der Waals surface area contributed by atoms with Gasteiger partial charge in [-0.3, -0.25) is 4.79 Å². The van der Waals surface area contributed by atoms with Gasteiger partial charge in [0.15, 0.2) is 5.78 Å². The van der Waals surface area contributed by atoms with E-state index in [1.165, 1.54) is 22.4 Å². The number of benzene rings is 3. The SMILES string of the molecule is CC(C)(C)c1cc[c-]c(Oc2nccc3cc4ccccc4cc23)c1.CCC(CC)C(=O)/C=C(\O)C(CC)CC.[Ir]. The number of ketones is 1. The minimum absolute atomic E-state index is 0. The van der Waals surface area contributed by atoms with Crippen LogP contribution >= 0.6 is 0 Å². The Kier molecular flexibility index (Phi) is 13.2. The van der Waals surface area contributed by atoms with Gasteiger partial charge in [0, 0.05) is 55.3 Å². The molecule has 0 spiro atoms. The summed E-state index contributed by atoms with van der Waals surface area (Å²) in [5, 5.41) is 14.3. The molecule has 41 heavy (non-hydrogen) atoms. The Morgan fingerprint density at radius 2 is 1.51 bits per heavy atom. The van der Waals surface area contributed by atoms with Crippen molar-refractivity contribution >= 4 is 27.3 Å². The number of pyridine rings is 1. The maximum Gasteiger partial charge on any atom is 0.224 e. The first-order valence-electron chi connectivity index (χ1n) is 14.5. The molecule has 0 aliphatic heterocycles. The molecule has 0 atom stereocenters. The van der Waals surface area contributed by atoms with Crippen LogP contribution in [0.2, 0.25) is 0 Å². The van der Waals surface area contributed by atoms with Gasteiger partial charge in [-0.05, 0) is 65.5 Å². The van der Waals surface area contributed by atoms with E-state index in [-0.39, 0.29) is 48.9 Å². The normalized spacial score (nSPS) is 11.8. The molecule has 0 amide bonds. The monoisotopic (exact) mass is 731 g/mol. The van der Waals surface area contributed by atoms with Crippen molar-refractivity contribution in [1.82, 2.24) is 4.98 Å². The molecule has 0 bridgehead atoms. The maximum absolute atomic E-state index is 11.7. The number of carbonyl (C=O) groups excluding carboxylic acids is 1. The summed E-state index contributed by atoms with van der Waals surface area (Å²) in [5.41, 5.74) is 1.28. The van der Waals surface area contributed by atoms with Crippen molar-refractivity contribution in [3.63, 3.8) is 0 Å². The summed E-state index contributed by atoms with van der Waals surface area (Å²) in [6.07, 6.45) is 6.70. The molecule has 5 heteroatoms. The molecule has 0 fully saturated rings. The van der Waals surface area contributed by atoms with Crippen LogP contribution in [0.1, 0.15) is 79.7 Å². The molecule has 0 saturated carbocycles. The average molecular weight is 731 g/mol. The second-order valence-corrected chi connectivity index (χ2v) is 11.3. The number of hydrogen-bond acceptors (Lipinski definition) is 4. The summed E-state index contributed by atoms with van der Waals surface area (Å²) in [7, 11) is 0. The van der Waals surface area contributed by atoms with E-state index in [4.69, 9.17) is 4.74 Å². The zero-order valence-electron chi connectivity index (χ0n) is 25.5. The van der Waals surface area contributed by atoms with Crippen LogP contribution in [0.25, 0.3) is 21.5 Å². The van der Waals surface area contributed by atoms with E-state index in [0.29, 0.717) is 11.6 Å². The molecule has 0 aliphatic rings. The Morgan fingerprint density at radius 1 is 0.902 bits per heavy atom. The quantitative estimate of drug-likeness (QED) is 0.0806. The zero-order chi connectivity index (χ0) is 29.3. The van der Waals surface area contributed by atoms with Crippen LogP contribution in [0, 0.1) is 17.9 Å². The Hall–Kier alpha value is -3.01. The first kappa shape index (κ1) is 34.2. The van der Waals surface area contributed by atoms with Crippen LogP contribution in [-0.4, -0.2) is 15.9 Å². The van der Waals surface area contributed by atoms with Crippen LogP contribution < -0.4 is 4.74 Å². The van der Waals surface area contributed by atoms with Gasteiger partial charge in [0.1, 0.15) is 0 Å². The molecule has 0 unspecified atom stereocenters. The molecular formula is C36H44IrNO3-. The summed E-state index contributed by atoms with van der Waals surface area (Å²) in [6, 6.07) is 23.9. The predicted molar refractivity (Wildman–Crippen MR) is 167 cm³/mol. The van der Waals surface area contributed by atoms with Crippen LogP contribution in [0.15, 0.2) is 78.7 Å². The number of aliphatic hydroxyl groups excluding tert-OH is 1. The van der Waals surface area contributed by atoms with Crippen molar-refractivity contribution in [1.29, 1.82) is 0 Å². The molecule has 1 N–H and O–H groups in total. The average Bonchev–Trinajstić information content (AvgIpc) is 2.93. The van der Waals surface area contributed by atoms with E-state index in [2.05, 4.69) is 68.2 Å². The second kappa shape index (κ2) is 15.8. The number of allylic oxidation sites excluding steroid dienone is 2. The van der Waals surface area contributed by atoms with Crippen molar-refractivity contribution in [2.45, 2.75) is 79.6 Å². The summed E-state index contributed by atoms with van der Waals surface area (Å²) < 4.78 is 6.11. The van der Waals surface area contributed by atoms with Gasteiger partial charge in [-0.1, -0.05) is 72.7 Å². The fourth-order valence-corrected chi connectivity index (χ4v) is 4.77. The molecule has 0 aliphatic carbocycles. The van der Waals surface area contributed by atoms with E-state index >= 15 is 0 Å². The van der Waals surface area contributed by atoms with Crippen LogP contribution in [-0.2, 0) is 30.3 Å². The minimum atomic E-state index is 0. The van der Waals surface area contributed by atoms with Gasteiger partial charge in [0.2, 0.25) is 5.88 Å². The predicted octanol–water partition coefficient (Wildman–Crippen LogP) is 10.1. The van der Waals surface area contributed by atoms with Gasteiger partial charge in [-0.2, -0.15) is 12.1 Å². The molecule has 1 heterocycles. The third-order valence-electron chi connectivity index (χ3n) is 7.52. The second-order valence-electron chi connectivity index (χ2n) is 11.3. The summed E-state index contributed by atoms with van der Waals surface area (Å²) in [5.74, 6) is 1.86. The summed E-state index contributed by atoms with van der Waals surface area (Å²) >= 11 is 0. The van der Waals surface area contributed by atoms with Crippen molar-refractivity contribution in [2.24, 2.45) is 11.8 Å². The molecule has 1 aromatic heterocycles. The molecule has 4 rings (SSSR count). The van der Waals surface area contributed by atoms with Crippen LogP contribution in [0.3, 0.4) is 0 Å². The Balaban J connectivity index is 0.000000320. The number of aromatic nitrogens is 1. The van der Waals surface area contributed by atoms with Gasteiger partial charge in [0.05, 0.1) is 5.76 Å². The molecule has 221 valence electrons. The van der Waals surface area contributed by atoms with Crippen molar-refractivity contribution in [3.8, 4) is 11.6 Å². The Labute approximate surface area is 259 Å². The molecule has 4 nitrogen and oxygen atoms in total. The van der Waals surface area contributed by atoms with Crippen molar-refractivity contribution < 1.29 is 34.7 Å². The number of nitrogens with zero attached hydrogens (tertiary/aromatic N) is 1. The van der Waals surface area contributed by atoms with Crippen molar-refractivity contribution in [2.75, 3.05) is 0 Å². The Bertz CT molecular complexity index is 1450. The number of ether oxygens (including phenoxy) is 1. The van der Waals surface area contributed by atoms with Gasteiger partial charge in [-0.25, -0.2) is 4.98 Å². The van der Waals surface area contributed by atoms with E-state index in [0.717, 1.165) is 36.5 Å². The fraction of sp³-hybridized carbons (Fsp3) is 0.389. The van der Waals surface area contributed by atoms with E-state index in [9.17, 15) is 9.90 Å². The zero-order valence-corrected chi connectivity index (χ0v) is 27.9. The number of hydrogen-bond donors (Lipinski definition) is 1. The first-order valence-corrected chi connectivity index (χ1v) is 14.5. The van der Waals surface area contributed by atoms with Crippen LogP contribution in [0.4, 0.5) is 0 Å². The van der Waals surface area contributed by atoms with E-state index < -0.39 is 0 Å². The number of rotatable bonds is 9. The van der Waals surface area contributed by atoms with Gasteiger partial charge in [-0.15, -0.1) is 17.7 Å². The minimum Gasteiger partial charge on any atom is -0.512 e. The Morgan fingerprint density at radius 3 is 2.10 bits per heavy atom. The summed E-state index contributed by atoms with van der Waals surface area (Å²) in [6.45, 7) is 14.6. The van der Waals surface area contributed by atoms with Crippen molar-refractivity contribution in [3.05, 3.63) is 90.3 Å². The topological polar surface area (TPSA) is 59.4 Å². The fourth-order valence-electron chi connectivity index (χ4n) is 4.77. The third kappa shape index (κ3) is 9.24. The number of carbonyl (C=O) groups is 1. The molecule has 0 saturated heterocycles. The number of fused-ring (bicyclic) bond motifs is 2. The third-order valence-corrected chi connectivity index (χ3v) is 7.52. The molecule has 1 radical (unpaired) electrons. The van der Waals surface area contributed by atoms with E-state index in [1.54, 1.807) is 6.20 Å². The standard InChI is InChI=1S/C23H20NO.C13H24O2.Ir/c1-23(2,3)19-9-6-10-20(15-19)25-22-21-14-17-8-5-4-7-16(17)13-18(21)11-12-24-22;1-5-10(6-2)12(14)9-13(15)11(7-3)8-4;/h4-9,11-15H,1-3H3;9-11,14H,5-8H2,1-4H3;/q-1;;/b;12-9-;. The molecule has 3 aromatic carbocycles. The number of aliphatic hydroxyl groups is 1. The van der Waals surface area contributed by atoms with Gasteiger partial charge >= 0.3 is 0 Å².